The summed E-state index contributed by atoms with van der Waals surface area (Å²) >= 11 is 0. The highest BCUT2D eigenvalue weighted by molar-refractivity contribution is 7.87. The van der Waals surface area contributed by atoms with Crippen molar-refractivity contribution < 1.29 is 12.6 Å². The molecule has 0 aliphatic carbocycles. The van der Waals surface area contributed by atoms with Gasteiger partial charge in [0.05, 0.1) is 5.25 Å². The molecule has 0 aliphatic rings. The molecule has 0 saturated heterocycles. The van der Waals surface area contributed by atoms with E-state index < -0.39 is 15.4 Å². The Morgan fingerprint density at radius 2 is 1.88 bits per heavy atom. The Kier molecular flexibility index (Phi) is 2.43. The summed E-state index contributed by atoms with van der Waals surface area (Å²) in [6, 6.07) is 0. The lowest BCUT2D eigenvalue weighted by atomic mass is 10.6. The van der Waals surface area contributed by atoms with Crippen LogP contribution in [0.5, 0.6) is 0 Å². The predicted molar refractivity (Wildman–Crippen MR) is 29.4 cm³/mol. The molecule has 0 amide bonds. The van der Waals surface area contributed by atoms with Gasteiger partial charge in [-0.2, -0.15) is 8.42 Å². The van der Waals surface area contributed by atoms with Gasteiger partial charge < -0.3 is 0 Å². The van der Waals surface area contributed by atoms with Gasteiger partial charge in [-0.25, -0.2) is 0 Å². The second-order valence-corrected chi connectivity index (χ2v) is 3.76. The molecule has 8 heavy (non-hydrogen) atoms. The van der Waals surface area contributed by atoms with Gasteiger partial charge in [0.15, 0.2) is 0 Å². The molecule has 48 valence electrons. The third-order valence-electron chi connectivity index (χ3n) is 0.711. The molecular formula is C4H8O3S. The van der Waals surface area contributed by atoms with E-state index in [4.69, 9.17) is 0 Å². The summed E-state index contributed by atoms with van der Waals surface area (Å²) in [6.07, 6.45) is 0. The molecule has 4 heteroatoms. The van der Waals surface area contributed by atoms with Crippen LogP contribution in [0.2, 0.25) is 0 Å². The largest absolute Gasteiger partial charge is 0.270 e. The standard InChI is InChI=1S/C4H8O3S/c1-4(2)8(5,6)7-3/h3-4H,1-2H3. The topological polar surface area (TPSA) is 43.4 Å². The highest BCUT2D eigenvalue weighted by atomic mass is 32.2. The Morgan fingerprint density at radius 1 is 1.50 bits per heavy atom. The molecule has 0 aromatic heterocycles. The molecule has 0 saturated carbocycles. The molecule has 2 radical (unpaired) electrons. The number of rotatable bonds is 2. The maximum Gasteiger partial charge on any atom is 0.270 e. The van der Waals surface area contributed by atoms with Gasteiger partial charge in [0, 0.05) is 0 Å². The van der Waals surface area contributed by atoms with E-state index in [-0.39, 0.29) is 0 Å². The smallest absolute Gasteiger partial charge is 0.261 e. The van der Waals surface area contributed by atoms with Gasteiger partial charge in [-0.05, 0) is 13.8 Å². The second-order valence-electron chi connectivity index (χ2n) is 1.64. The van der Waals surface area contributed by atoms with Gasteiger partial charge in [0.1, 0.15) is 7.11 Å². The van der Waals surface area contributed by atoms with Crippen LogP contribution in [-0.2, 0) is 14.3 Å². The van der Waals surface area contributed by atoms with Gasteiger partial charge in [-0.1, -0.05) is 0 Å². The van der Waals surface area contributed by atoms with Crippen LogP contribution >= 0.6 is 0 Å². The Bertz CT molecular complexity index is 145. The van der Waals surface area contributed by atoms with Crippen molar-refractivity contribution in [2.24, 2.45) is 0 Å². The molecule has 0 N–H and O–H groups in total. The van der Waals surface area contributed by atoms with Gasteiger partial charge in [0.25, 0.3) is 10.1 Å². The quantitative estimate of drug-likeness (QED) is 0.516. The molecule has 0 atom stereocenters. The molecule has 0 unspecified atom stereocenters. The van der Waals surface area contributed by atoms with Crippen LogP contribution in [0.25, 0.3) is 0 Å². The van der Waals surface area contributed by atoms with E-state index in [0.29, 0.717) is 0 Å². The fraction of sp³-hybridized carbons (Fsp3) is 0.750. The summed E-state index contributed by atoms with van der Waals surface area (Å²) < 4.78 is 24.4. The molecule has 0 aromatic carbocycles. The van der Waals surface area contributed by atoms with Crippen molar-refractivity contribution in [2.45, 2.75) is 19.1 Å². The van der Waals surface area contributed by atoms with Crippen LogP contribution < -0.4 is 0 Å². The third kappa shape index (κ3) is 1.79. The van der Waals surface area contributed by atoms with E-state index in [1.54, 1.807) is 0 Å². The van der Waals surface area contributed by atoms with E-state index in [9.17, 15) is 8.42 Å². The first-order chi connectivity index (χ1) is 3.50. The van der Waals surface area contributed by atoms with Crippen molar-refractivity contribution >= 4 is 10.1 Å². The summed E-state index contributed by atoms with van der Waals surface area (Å²) in [4.78, 5) is 0. The first kappa shape index (κ1) is 7.91. The lowest BCUT2D eigenvalue weighted by Crippen LogP contribution is -2.13. The van der Waals surface area contributed by atoms with Crippen molar-refractivity contribution in [1.29, 1.82) is 0 Å². The average Bonchev–Trinajstić information content (AvgIpc) is 1.67. The number of hydrogen-bond donors (Lipinski definition) is 0. The maximum atomic E-state index is 10.4. The summed E-state index contributed by atoms with van der Waals surface area (Å²) in [7, 11) is 0.961. The molecule has 0 fully saturated rings. The van der Waals surface area contributed by atoms with Gasteiger partial charge in [0.2, 0.25) is 0 Å². The lowest BCUT2D eigenvalue weighted by molar-refractivity contribution is 0.430. The zero-order valence-electron chi connectivity index (χ0n) is 4.79. The fourth-order valence-electron chi connectivity index (χ4n) is 0.111. The van der Waals surface area contributed by atoms with Crippen molar-refractivity contribution in [3.8, 4) is 0 Å². The molecule has 0 bridgehead atoms. The van der Waals surface area contributed by atoms with Crippen molar-refractivity contribution in [3.05, 3.63) is 7.11 Å². The monoisotopic (exact) mass is 136 g/mol. The average molecular weight is 136 g/mol. The third-order valence-corrected chi connectivity index (χ3v) is 2.13. The summed E-state index contributed by atoms with van der Waals surface area (Å²) in [5, 5.41) is -0.563. The normalized spacial score (nSPS) is 12.5. The van der Waals surface area contributed by atoms with Crippen molar-refractivity contribution in [3.63, 3.8) is 0 Å². The zero-order chi connectivity index (χ0) is 6.78. The predicted octanol–water partition coefficient (Wildman–Crippen LogP) is 0.410. The molecule has 0 aromatic rings. The molecule has 3 nitrogen and oxygen atoms in total. The SMILES string of the molecule is [CH]OS(=O)(=O)C(C)C. The summed E-state index contributed by atoms with van der Waals surface area (Å²) in [6.45, 7) is 2.98. The first-order valence-corrected chi connectivity index (χ1v) is 3.60. The molecular weight excluding hydrogens is 128 g/mol. The Hall–Kier alpha value is -0.0900. The van der Waals surface area contributed by atoms with E-state index in [2.05, 4.69) is 11.3 Å². The van der Waals surface area contributed by atoms with Gasteiger partial charge >= 0.3 is 0 Å². The minimum Gasteiger partial charge on any atom is -0.261 e. The Balaban J connectivity index is 4.17. The second kappa shape index (κ2) is 2.46. The molecule has 0 heterocycles. The van der Waals surface area contributed by atoms with E-state index in [1.165, 1.54) is 13.8 Å². The minimum absolute atomic E-state index is 0.563. The van der Waals surface area contributed by atoms with Crippen LogP contribution in [0.3, 0.4) is 0 Å². The zero-order valence-corrected chi connectivity index (χ0v) is 5.60. The highest BCUT2D eigenvalue weighted by Crippen LogP contribution is 1.99. The van der Waals surface area contributed by atoms with Crippen LogP contribution in [-0.4, -0.2) is 13.7 Å². The van der Waals surface area contributed by atoms with E-state index in [0.717, 1.165) is 0 Å². The minimum atomic E-state index is -3.46. The molecule has 0 rings (SSSR count). The highest BCUT2D eigenvalue weighted by Gasteiger charge is 2.13. The van der Waals surface area contributed by atoms with Crippen LogP contribution in [0, 0.1) is 7.11 Å². The fourth-order valence-corrected chi connectivity index (χ4v) is 0.333. The first-order valence-electron chi connectivity index (χ1n) is 2.13. The van der Waals surface area contributed by atoms with Gasteiger partial charge in [-0.15, -0.1) is 0 Å². The molecule has 0 spiro atoms. The Labute approximate surface area is 49.8 Å². The maximum absolute atomic E-state index is 10.4. The van der Waals surface area contributed by atoms with E-state index >= 15 is 0 Å². The van der Waals surface area contributed by atoms with Gasteiger partial charge in [-0.3, -0.25) is 4.18 Å². The van der Waals surface area contributed by atoms with Crippen molar-refractivity contribution in [2.75, 3.05) is 0 Å². The molecule has 0 aliphatic heterocycles. The summed E-state index contributed by atoms with van der Waals surface area (Å²) in [5.74, 6) is 0. The van der Waals surface area contributed by atoms with Crippen LogP contribution in [0.1, 0.15) is 13.8 Å². The van der Waals surface area contributed by atoms with Crippen LogP contribution in [0.15, 0.2) is 0 Å². The Morgan fingerprint density at radius 3 is 1.88 bits per heavy atom. The van der Waals surface area contributed by atoms with Crippen LogP contribution in [0.4, 0.5) is 0 Å². The number of hydrogen-bond acceptors (Lipinski definition) is 3. The van der Waals surface area contributed by atoms with Crippen molar-refractivity contribution in [1.82, 2.24) is 0 Å². The van der Waals surface area contributed by atoms with E-state index in [1.807, 2.05) is 0 Å². The summed E-state index contributed by atoms with van der Waals surface area (Å²) in [5.41, 5.74) is 0. The lowest BCUT2D eigenvalue weighted by Gasteiger charge is -2.00.